The summed E-state index contributed by atoms with van der Waals surface area (Å²) in [5.41, 5.74) is 1.99. The van der Waals surface area contributed by atoms with Gasteiger partial charge in [0.25, 0.3) is 0 Å². The van der Waals surface area contributed by atoms with E-state index in [9.17, 15) is 0 Å². The Balaban J connectivity index is 1.51. The van der Waals surface area contributed by atoms with E-state index in [0.29, 0.717) is 18.3 Å². The van der Waals surface area contributed by atoms with Gasteiger partial charge >= 0.3 is 0 Å². The predicted octanol–water partition coefficient (Wildman–Crippen LogP) is 2.73. The molecule has 1 atom stereocenters. The topological polar surface area (TPSA) is 92.5 Å². The van der Waals surface area contributed by atoms with E-state index >= 15 is 0 Å². The zero-order valence-corrected chi connectivity index (χ0v) is 13.3. The zero-order chi connectivity index (χ0) is 16.9. The molecule has 124 valence electrons. The molecular formula is C18H16N6O. The second kappa shape index (κ2) is 7.06. The zero-order valence-electron chi connectivity index (χ0n) is 13.3. The summed E-state index contributed by atoms with van der Waals surface area (Å²) in [5.74, 6) is 1.82. The van der Waals surface area contributed by atoms with Crippen LogP contribution in [0.25, 0.3) is 11.4 Å². The molecule has 0 aliphatic carbocycles. The maximum absolute atomic E-state index is 5.35. The fraction of sp³-hybridized carbons (Fsp3) is 0.111. The lowest BCUT2D eigenvalue weighted by Gasteiger charge is -2.15. The van der Waals surface area contributed by atoms with Gasteiger partial charge in [0, 0.05) is 5.56 Å². The smallest absolute Gasteiger partial charge is 0.240 e. The summed E-state index contributed by atoms with van der Waals surface area (Å²) in [6.45, 7) is 0.417. The van der Waals surface area contributed by atoms with Gasteiger partial charge in [0.2, 0.25) is 11.7 Å². The Morgan fingerprint density at radius 1 is 1.00 bits per heavy atom. The molecule has 4 aromatic rings. The van der Waals surface area contributed by atoms with Crippen molar-refractivity contribution in [1.82, 2.24) is 30.6 Å². The SMILES string of the molecule is c1ccc(-c2noc(CN[C@@H](c3ccccc3)c3ncn[nH]3)n2)cc1. The van der Waals surface area contributed by atoms with E-state index in [1.54, 1.807) is 0 Å². The van der Waals surface area contributed by atoms with Gasteiger partial charge in [-0.1, -0.05) is 65.8 Å². The van der Waals surface area contributed by atoms with Gasteiger partial charge in [0.05, 0.1) is 12.6 Å². The van der Waals surface area contributed by atoms with Gasteiger partial charge in [0.1, 0.15) is 12.2 Å². The highest BCUT2D eigenvalue weighted by atomic mass is 16.5. The highest BCUT2D eigenvalue weighted by Crippen LogP contribution is 2.19. The lowest BCUT2D eigenvalue weighted by molar-refractivity contribution is 0.361. The number of aromatic amines is 1. The van der Waals surface area contributed by atoms with Gasteiger partial charge in [-0.25, -0.2) is 4.98 Å². The Morgan fingerprint density at radius 3 is 2.48 bits per heavy atom. The molecule has 0 amide bonds. The summed E-state index contributed by atoms with van der Waals surface area (Å²) in [5, 5.41) is 14.3. The number of nitrogens with zero attached hydrogens (tertiary/aromatic N) is 4. The maximum Gasteiger partial charge on any atom is 0.240 e. The Bertz CT molecular complexity index is 905. The summed E-state index contributed by atoms with van der Waals surface area (Å²) in [6.07, 6.45) is 1.49. The van der Waals surface area contributed by atoms with E-state index in [0.717, 1.165) is 17.0 Å². The molecule has 2 N–H and O–H groups in total. The molecular weight excluding hydrogens is 316 g/mol. The largest absolute Gasteiger partial charge is 0.338 e. The first-order chi connectivity index (χ1) is 12.4. The highest BCUT2D eigenvalue weighted by Gasteiger charge is 2.18. The number of hydrogen-bond donors (Lipinski definition) is 2. The van der Waals surface area contributed by atoms with Crippen LogP contribution < -0.4 is 5.32 Å². The standard InChI is InChI=1S/C18H16N6O/c1-3-7-13(8-4-1)16(18-20-12-21-23-18)19-11-15-22-17(24-25-15)14-9-5-2-6-10-14/h1-10,12,16,19H,11H2,(H,20,21,23)/t16-/m0/s1. The summed E-state index contributed by atoms with van der Waals surface area (Å²) in [7, 11) is 0. The van der Waals surface area contributed by atoms with Crippen LogP contribution in [-0.4, -0.2) is 25.3 Å². The van der Waals surface area contributed by atoms with E-state index in [-0.39, 0.29) is 6.04 Å². The molecule has 0 spiro atoms. The third kappa shape index (κ3) is 3.46. The first-order valence-corrected chi connectivity index (χ1v) is 7.92. The first-order valence-electron chi connectivity index (χ1n) is 7.92. The molecule has 7 nitrogen and oxygen atoms in total. The molecule has 0 fully saturated rings. The molecule has 25 heavy (non-hydrogen) atoms. The van der Waals surface area contributed by atoms with Crippen molar-refractivity contribution in [2.75, 3.05) is 0 Å². The number of hydrogen-bond acceptors (Lipinski definition) is 6. The third-order valence-electron chi connectivity index (χ3n) is 3.80. The summed E-state index contributed by atoms with van der Waals surface area (Å²) in [6, 6.07) is 19.6. The molecule has 2 aromatic carbocycles. The molecule has 0 saturated carbocycles. The normalized spacial score (nSPS) is 12.2. The number of rotatable bonds is 6. The molecule has 0 radical (unpaired) electrons. The Morgan fingerprint density at radius 2 is 1.76 bits per heavy atom. The van der Waals surface area contributed by atoms with Gasteiger partial charge in [-0.3, -0.25) is 10.4 Å². The van der Waals surface area contributed by atoms with Crippen LogP contribution in [0.3, 0.4) is 0 Å². The molecule has 2 heterocycles. The van der Waals surface area contributed by atoms with Gasteiger partial charge in [-0.2, -0.15) is 10.1 Å². The third-order valence-corrected chi connectivity index (χ3v) is 3.80. The molecule has 2 aromatic heterocycles. The first kappa shape index (κ1) is 15.2. The summed E-state index contributed by atoms with van der Waals surface area (Å²) in [4.78, 5) is 8.70. The van der Waals surface area contributed by atoms with Crippen molar-refractivity contribution in [3.8, 4) is 11.4 Å². The number of nitrogens with one attached hydrogen (secondary N) is 2. The van der Waals surface area contributed by atoms with Gasteiger partial charge in [0.15, 0.2) is 0 Å². The molecule has 0 bridgehead atoms. The van der Waals surface area contributed by atoms with E-state index < -0.39 is 0 Å². The molecule has 0 unspecified atom stereocenters. The van der Waals surface area contributed by atoms with Crippen LogP contribution in [0.4, 0.5) is 0 Å². The van der Waals surface area contributed by atoms with E-state index in [4.69, 9.17) is 4.52 Å². The second-order valence-corrected chi connectivity index (χ2v) is 5.47. The molecule has 7 heteroatoms. The quantitative estimate of drug-likeness (QED) is 0.564. The second-order valence-electron chi connectivity index (χ2n) is 5.47. The van der Waals surface area contributed by atoms with Crippen LogP contribution in [0, 0.1) is 0 Å². The van der Waals surface area contributed by atoms with Crippen molar-refractivity contribution in [2.45, 2.75) is 12.6 Å². The van der Waals surface area contributed by atoms with Crippen molar-refractivity contribution >= 4 is 0 Å². The van der Waals surface area contributed by atoms with Crippen LogP contribution >= 0.6 is 0 Å². The Labute approximate surface area is 144 Å². The van der Waals surface area contributed by atoms with Crippen LogP contribution in [0.2, 0.25) is 0 Å². The molecule has 0 aliphatic heterocycles. The van der Waals surface area contributed by atoms with Crippen LogP contribution in [-0.2, 0) is 6.54 Å². The lowest BCUT2D eigenvalue weighted by Crippen LogP contribution is -2.23. The average molecular weight is 332 g/mol. The average Bonchev–Trinajstić information content (AvgIpc) is 3.36. The van der Waals surface area contributed by atoms with Crippen molar-refractivity contribution in [1.29, 1.82) is 0 Å². The van der Waals surface area contributed by atoms with Crippen molar-refractivity contribution < 1.29 is 4.52 Å². The minimum Gasteiger partial charge on any atom is -0.338 e. The highest BCUT2D eigenvalue weighted by molar-refractivity contribution is 5.53. The molecule has 0 saturated heterocycles. The van der Waals surface area contributed by atoms with Crippen LogP contribution in [0.15, 0.2) is 71.5 Å². The molecule has 4 rings (SSSR count). The number of aromatic nitrogens is 5. The van der Waals surface area contributed by atoms with Gasteiger partial charge in [-0.15, -0.1) is 0 Å². The number of H-pyrrole nitrogens is 1. The monoisotopic (exact) mass is 332 g/mol. The minimum absolute atomic E-state index is 0.143. The van der Waals surface area contributed by atoms with Gasteiger partial charge < -0.3 is 4.52 Å². The minimum atomic E-state index is -0.143. The van der Waals surface area contributed by atoms with Crippen molar-refractivity contribution in [3.63, 3.8) is 0 Å². The lowest BCUT2D eigenvalue weighted by atomic mass is 10.1. The van der Waals surface area contributed by atoms with Crippen molar-refractivity contribution in [2.24, 2.45) is 0 Å². The Kier molecular flexibility index (Phi) is 4.30. The Hall–Kier alpha value is -3.32. The number of benzene rings is 2. The van der Waals surface area contributed by atoms with Crippen LogP contribution in [0.5, 0.6) is 0 Å². The van der Waals surface area contributed by atoms with Crippen LogP contribution in [0.1, 0.15) is 23.3 Å². The van der Waals surface area contributed by atoms with Gasteiger partial charge in [-0.05, 0) is 5.56 Å². The van der Waals surface area contributed by atoms with E-state index in [1.165, 1.54) is 6.33 Å². The predicted molar refractivity (Wildman–Crippen MR) is 91.2 cm³/mol. The maximum atomic E-state index is 5.35. The van der Waals surface area contributed by atoms with Crippen molar-refractivity contribution in [3.05, 3.63) is 84.3 Å². The van der Waals surface area contributed by atoms with E-state index in [1.807, 2.05) is 60.7 Å². The fourth-order valence-corrected chi connectivity index (χ4v) is 2.59. The van der Waals surface area contributed by atoms with E-state index in [2.05, 4.69) is 30.6 Å². The summed E-state index contributed by atoms with van der Waals surface area (Å²) >= 11 is 0. The summed E-state index contributed by atoms with van der Waals surface area (Å²) < 4.78 is 5.35. The molecule has 0 aliphatic rings. The fourth-order valence-electron chi connectivity index (χ4n) is 2.59.